The second kappa shape index (κ2) is 2.91. The van der Waals surface area contributed by atoms with Gasteiger partial charge in [0.2, 0.25) is 0 Å². The van der Waals surface area contributed by atoms with E-state index in [0.717, 1.165) is 24.4 Å². The highest BCUT2D eigenvalue weighted by Gasteiger charge is 2.29. The molecule has 1 aliphatic heterocycles. The van der Waals surface area contributed by atoms with Gasteiger partial charge in [-0.25, -0.2) is 0 Å². The third-order valence-corrected chi connectivity index (χ3v) is 3.09. The molecule has 1 saturated heterocycles. The molecule has 1 rings (SSSR count). The van der Waals surface area contributed by atoms with Crippen molar-refractivity contribution in [2.75, 3.05) is 6.61 Å². The molecule has 4 atom stereocenters. The van der Waals surface area contributed by atoms with Gasteiger partial charge in [-0.15, -0.1) is 0 Å². The van der Waals surface area contributed by atoms with Gasteiger partial charge in [0.05, 0.1) is 6.10 Å². The largest absolute Gasteiger partial charge is 0.378 e. The Bertz CT molecular complexity index is 97.3. The van der Waals surface area contributed by atoms with Crippen LogP contribution in [0.3, 0.4) is 0 Å². The van der Waals surface area contributed by atoms with Crippen LogP contribution in [-0.4, -0.2) is 12.7 Å². The first-order chi connectivity index (χ1) is 4.63. The maximum Gasteiger partial charge on any atom is 0.0575 e. The summed E-state index contributed by atoms with van der Waals surface area (Å²) in [6.07, 6.45) is 0.464. The molecule has 0 amide bonds. The zero-order chi connectivity index (χ0) is 7.72. The first-order valence-electron chi connectivity index (χ1n) is 4.24. The van der Waals surface area contributed by atoms with E-state index in [2.05, 4.69) is 27.7 Å². The fraction of sp³-hybridized carbons (Fsp3) is 1.00. The van der Waals surface area contributed by atoms with E-state index in [1.807, 2.05) is 0 Å². The average Bonchev–Trinajstić information content (AvgIpc) is 1.93. The second-order valence-corrected chi connectivity index (χ2v) is 3.73. The SMILES string of the molecule is CC1OC[C@@H](C)C(C)[C@H]1C. The van der Waals surface area contributed by atoms with Crippen LogP contribution in [0.15, 0.2) is 0 Å². The van der Waals surface area contributed by atoms with Gasteiger partial charge >= 0.3 is 0 Å². The summed E-state index contributed by atoms with van der Waals surface area (Å²) >= 11 is 0. The molecule has 0 aromatic heterocycles. The van der Waals surface area contributed by atoms with Crippen LogP contribution in [0.4, 0.5) is 0 Å². The Morgan fingerprint density at radius 2 is 1.60 bits per heavy atom. The normalized spacial score (nSPS) is 49.2. The lowest BCUT2D eigenvalue weighted by Crippen LogP contribution is -2.36. The Labute approximate surface area is 63.8 Å². The van der Waals surface area contributed by atoms with Crippen LogP contribution >= 0.6 is 0 Å². The first-order valence-corrected chi connectivity index (χ1v) is 4.24. The van der Waals surface area contributed by atoms with E-state index in [-0.39, 0.29) is 0 Å². The molecule has 1 nitrogen and oxygen atoms in total. The van der Waals surface area contributed by atoms with Gasteiger partial charge in [0.25, 0.3) is 0 Å². The third-order valence-electron chi connectivity index (χ3n) is 3.09. The molecule has 60 valence electrons. The Morgan fingerprint density at radius 3 is 2.10 bits per heavy atom. The molecule has 1 heterocycles. The van der Waals surface area contributed by atoms with Crippen molar-refractivity contribution in [3.8, 4) is 0 Å². The molecule has 10 heavy (non-hydrogen) atoms. The Balaban J connectivity index is 2.52. The Morgan fingerprint density at radius 1 is 1.00 bits per heavy atom. The van der Waals surface area contributed by atoms with Gasteiger partial charge in [-0.05, 0) is 24.7 Å². The van der Waals surface area contributed by atoms with Gasteiger partial charge in [-0.3, -0.25) is 0 Å². The molecule has 0 aliphatic carbocycles. The lowest BCUT2D eigenvalue weighted by molar-refractivity contribution is -0.0661. The maximum atomic E-state index is 5.57. The van der Waals surface area contributed by atoms with Gasteiger partial charge in [0.15, 0.2) is 0 Å². The highest BCUT2D eigenvalue weighted by Crippen LogP contribution is 2.29. The van der Waals surface area contributed by atoms with Gasteiger partial charge in [-0.1, -0.05) is 20.8 Å². The van der Waals surface area contributed by atoms with Crippen LogP contribution in [0.1, 0.15) is 27.7 Å². The summed E-state index contributed by atoms with van der Waals surface area (Å²) in [4.78, 5) is 0. The van der Waals surface area contributed by atoms with E-state index >= 15 is 0 Å². The third kappa shape index (κ3) is 1.34. The summed E-state index contributed by atoms with van der Waals surface area (Å²) in [5, 5.41) is 0. The van der Waals surface area contributed by atoms with Gasteiger partial charge in [0.1, 0.15) is 0 Å². The maximum absolute atomic E-state index is 5.57. The minimum atomic E-state index is 0.464. The van der Waals surface area contributed by atoms with Crippen LogP contribution in [0, 0.1) is 17.8 Å². The van der Waals surface area contributed by atoms with Crippen molar-refractivity contribution in [1.82, 2.24) is 0 Å². The number of hydrogen-bond donors (Lipinski definition) is 0. The van der Waals surface area contributed by atoms with Crippen LogP contribution in [0.25, 0.3) is 0 Å². The summed E-state index contributed by atoms with van der Waals surface area (Å²) in [5.41, 5.74) is 0. The van der Waals surface area contributed by atoms with Gasteiger partial charge in [0, 0.05) is 6.61 Å². The molecule has 1 fully saturated rings. The quantitative estimate of drug-likeness (QED) is 0.504. The summed E-state index contributed by atoms with van der Waals surface area (Å²) in [5.74, 6) is 2.29. The predicted molar refractivity (Wildman–Crippen MR) is 42.9 cm³/mol. The molecule has 0 radical (unpaired) electrons. The monoisotopic (exact) mass is 142 g/mol. The summed E-state index contributed by atoms with van der Waals surface area (Å²) in [7, 11) is 0. The molecule has 2 unspecified atom stereocenters. The molecular weight excluding hydrogens is 124 g/mol. The fourth-order valence-corrected chi connectivity index (χ4v) is 1.55. The molecule has 1 heteroatoms. The Hall–Kier alpha value is -0.0400. The summed E-state index contributed by atoms with van der Waals surface area (Å²) < 4.78 is 5.57. The first kappa shape index (κ1) is 8.06. The minimum Gasteiger partial charge on any atom is -0.378 e. The molecule has 0 N–H and O–H groups in total. The van der Waals surface area contributed by atoms with Crippen LogP contribution in [0.2, 0.25) is 0 Å². The van der Waals surface area contributed by atoms with Crippen LogP contribution < -0.4 is 0 Å². The molecule has 1 aliphatic rings. The van der Waals surface area contributed by atoms with Crippen molar-refractivity contribution in [2.45, 2.75) is 33.8 Å². The van der Waals surface area contributed by atoms with Crippen molar-refractivity contribution in [3.05, 3.63) is 0 Å². The molecule has 0 spiro atoms. The summed E-state index contributed by atoms with van der Waals surface area (Å²) in [6.45, 7) is 10.0. The van der Waals surface area contributed by atoms with E-state index in [4.69, 9.17) is 4.74 Å². The van der Waals surface area contributed by atoms with E-state index < -0.39 is 0 Å². The van der Waals surface area contributed by atoms with Crippen molar-refractivity contribution >= 4 is 0 Å². The van der Waals surface area contributed by atoms with Crippen LogP contribution in [-0.2, 0) is 4.74 Å². The molecule has 0 aromatic rings. The number of rotatable bonds is 0. The van der Waals surface area contributed by atoms with Crippen molar-refractivity contribution in [3.63, 3.8) is 0 Å². The number of ether oxygens (including phenoxy) is 1. The van der Waals surface area contributed by atoms with E-state index in [1.165, 1.54) is 0 Å². The van der Waals surface area contributed by atoms with Gasteiger partial charge in [-0.2, -0.15) is 0 Å². The summed E-state index contributed by atoms with van der Waals surface area (Å²) in [6, 6.07) is 0. The van der Waals surface area contributed by atoms with Crippen molar-refractivity contribution in [1.29, 1.82) is 0 Å². The molecule has 0 saturated carbocycles. The molecule has 0 aromatic carbocycles. The fourth-order valence-electron chi connectivity index (χ4n) is 1.55. The smallest absolute Gasteiger partial charge is 0.0575 e. The topological polar surface area (TPSA) is 9.23 Å². The zero-order valence-corrected chi connectivity index (χ0v) is 7.42. The standard InChI is InChI=1S/C9H18O/c1-6-5-10-9(4)8(3)7(6)2/h6-9H,5H2,1-4H3/t6-,7?,8-,9?/m1/s1. The molecule has 0 bridgehead atoms. The second-order valence-electron chi connectivity index (χ2n) is 3.73. The average molecular weight is 142 g/mol. The lowest BCUT2D eigenvalue weighted by Gasteiger charge is -2.36. The van der Waals surface area contributed by atoms with Crippen LogP contribution in [0.5, 0.6) is 0 Å². The van der Waals surface area contributed by atoms with Crippen molar-refractivity contribution in [2.24, 2.45) is 17.8 Å². The minimum absolute atomic E-state index is 0.464. The van der Waals surface area contributed by atoms with E-state index in [9.17, 15) is 0 Å². The molecular formula is C9H18O. The Kier molecular flexibility index (Phi) is 2.35. The number of hydrogen-bond acceptors (Lipinski definition) is 1. The van der Waals surface area contributed by atoms with E-state index in [1.54, 1.807) is 0 Å². The highest BCUT2D eigenvalue weighted by atomic mass is 16.5. The zero-order valence-electron chi connectivity index (χ0n) is 7.42. The highest BCUT2D eigenvalue weighted by molar-refractivity contribution is 4.77. The van der Waals surface area contributed by atoms with Crippen molar-refractivity contribution < 1.29 is 4.74 Å². The van der Waals surface area contributed by atoms with E-state index in [0.29, 0.717) is 6.10 Å². The van der Waals surface area contributed by atoms with Gasteiger partial charge < -0.3 is 4.74 Å². The lowest BCUT2D eigenvalue weighted by atomic mass is 9.80. The predicted octanol–water partition coefficient (Wildman–Crippen LogP) is 2.31.